The molecule has 0 atom stereocenters. The van der Waals surface area contributed by atoms with Crippen molar-refractivity contribution in [3.63, 3.8) is 0 Å². The van der Waals surface area contributed by atoms with Crippen LogP contribution in [0.5, 0.6) is 0 Å². The average Bonchev–Trinajstić information content (AvgIpc) is 2.58. The van der Waals surface area contributed by atoms with E-state index in [1.807, 2.05) is 0 Å². The number of amides is 2. The summed E-state index contributed by atoms with van der Waals surface area (Å²) in [6, 6.07) is 6.55. The largest absolute Gasteiger partial charge is 0.396 e. The van der Waals surface area contributed by atoms with Gasteiger partial charge in [0.25, 0.3) is 5.91 Å². The minimum Gasteiger partial charge on any atom is -0.396 e. The Balaban J connectivity index is 1.91. The third-order valence-electron chi connectivity index (χ3n) is 4.39. The van der Waals surface area contributed by atoms with Crippen LogP contribution >= 0.6 is 12.2 Å². The molecular formula is C18H16F2N4O2S. The average molecular weight is 390 g/mol. The van der Waals surface area contributed by atoms with Crippen molar-refractivity contribution in [2.24, 2.45) is 0 Å². The molecule has 2 amide bonds. The van der Waals surface area contributed by atoms with E-state index in [9.17, 15) is 18.4 Å². The second kappa shape index (κ2) is 6.58. The van der Waals surface area contributed by atoms with Crippen molar-refractivity contribution < 1.29 is 18.4 Å². The molecule has 3 rings (SSSR count). The molecule has 2 aromatic carbocycles. The lowest BCUT2D eigenvalue weighted by molar-refractivity contribution is -0.125. The number of para-hydroxylation sites is 1. The van der Waals surface area contributed by atoms with Crippen LogP contribution in [0.4, 0.5) is 25.8 Å². The minimum atomic E-state index is -0.940. The Morgan fingerprint density at radius 2 is 1.74 bits per heavy atom. The molecule has 0 spiro atoms. The van der Waals surface area contributed by atoms with Crippen LogP contribution in [0, 0.1) is 11.6 Å². The number of benzene rings is 2. The van der Waals surface area contributed by atoms with Gasteiger partial charge < -0.3 is 16.4 Å². The van der Waals surface area contributed by atoms with Gasteiger partial charge in [0.15, 0.2) is 5.11 Å². The molecule has 0 saturated heterocycles. The number of fused-ring (bicyclic) bond motifs is 1. The van der Waals surface area contributed by atoms with Crippen LogP contribution in [0.15, 0.2) is 30.3 Å². The zero-order valence-corrected chi connectivity index (χ0v) is 15.3. The minimum absolute atomic E-state index is 0.0729. The predicted octanol–water partition coefficient (Wildman–Crippen LogP) is 2.90. The summed E-state index contributed by atoms with van der Waals surface area (Å²) in [6.45, 7) is 3.35. The molecule has 140 valence electrons. The Morgan fingerprint density at radius 3 is 2.37 bits per heavy atom. The molecule has 2 aromatic rings. The molecule has 0 radical (unpaired) electrons. The molecule has 0 fully saturated rings. The molecule has 5 N–H and O–H groups in total. The lowest BCUT2D eigenvalue weighted by Gasteiger charge is -2.31. The van der Waals surface area contributed by atoms with E-state index < -0.39 is 34.6 Å². The number of nitrogens with two attached hydrogens (primary N) is 1. The first-order chi connectivity index (χ1) is 12.6. The number of halogens is 2. The van der Waals surface area contributed by atoms with Gasteiger partial charge in [-0.3, -0.25) is 14.9 Å². The van der Waals surface area contributed by atoms with Crippen LogP contribution in [0.1, 0.15) is 29.8 Å². The second-order valence-electron chi connectivity index (χ2n) is 6.53. The molecule has 27 heavy (non-hydrogen) atoms. The van der Waals surface area contributed by atoms with Crippen molar-refractivity contribution in [3.8, 4) is 0 Å². The highest BCUT2D eigenvalue weighted by atomic mass is 32.1. The fraction of sp³-hybridized carbons (Fsp3) is 0.167. The monoisotopic (exact) mass is 390 g/mol. The summed E-state index contributed by atoms with van der Waals surface area (Å²) in [5, 5.41) is 7.30. The first-order valence-corrected chi connectivity index (χ1v) is 8.34. The van der Waals surface area contributed by atoms with Gasteiger partial charge in [-0.05, 0) is 49.8 Å². The quantitative estimate of drug-likeness (QED) is 0.358. The van der Waals surface area contributed by atoms with E-state index in [1.165, 1.54) is 6.07 Å². The molecule has 1 heterocycles. The van der Waals surface area contributed by atoms with Crippen LogP contribution in [0.25, 0.3) is 0 Å². The maximum absolute atomic E-state index is 13.7. The summed E-state index contributed by atoms with van der Waals surface area (Å²) in [4.78, 5) is 24.3. The van der Waals surface area contributed by atoms with Crippen LogP contribution in [-0.4, -0.2) is 16.9 Å². The van der Waals surface area contributed by atoms with Crippen LogP contribution < -0.4 is 21.7 Å². The summed E-state index contributed by atoms with van der Waals surface area (Å²) in [7, 11) is 0. The highest BCUT2D eigenvalue weighted by Crippen LogP contribution is 2.37. The van der Waals surface area contributed by atoms with Gasteiger partial charge in [0.1, 0.15) is 17.3 Å². The van der Waals surface area contributed by atoms with Crippen molar-refractivity contribution >= 4 is 46.2 Å². The van der Waals surface area contributed by atoms with Gasteiger partial charge in [-0.1, -0.05) is 12.1 Å². The number of carbonyl (C=O) groups is 2. The van der Waals surface area contributed by atoms with E-state index in [4.69, 9.17) is 18.0 Å². The Morgan fingerprint density at radius 1 is 1.11 bits per heavy atom. The normalized spacial score (nSPS) is 15.0. The number of imide groups is 1. The summed E-state index contributed by atoms with van der Waals surface area (Å²) >= 11 is 5.08. The molecular weight excluding hydrogens is 374 g/mol. The van der Waals surface area contributed by atoms with Crippen molar-refractivity contribution in [1.29, 1.82) is 0 Å². The zero-order chi connectivity index (χ0) is 19.9. The third kappa shape index (κ3) is 3.21. The summed E-state index contributed by atoms with van der Waals surface area (Å²) in [6.07, 6.45) is 0. The fourth-order valence-corrected chi connectivity index (χ4v) is 3.03. The van der Waals surface area contributed by atoms with E-state index in [1.54, 1.807) is 26.0 Å². The van der Waals surface area contributed by atoms with Crippen molar-refractivity contribution in [2.45, 2.75) is 19.3 Å². The molecule has 0 unspecified atom stereocenters. The molecule has 0 aliphatic carbocycles. The fourth-order valence-electron chi connectivity index (χ4n) is 2.82. The van der Waals surface area contributed by atoms with E-state index in [0.717, 1.165) is 12.1 Å². The van der Waals surface area contributed by atoms with Gasteiger partial charge in [-0.25, -0.2) is 8.78 Å². The van der Waals surface area contributed by atoms with Gasteiger partial charge in [-0.2, -0.15) is 0 Å². The van der Waals surface area contributed by atoms with Crippen LogP contribution in [0.3, 0.4) is 0 Å². The Kier molecular flexibility index (Phi) is 4.56. The van der Waals surface area contributed by atoms with Crippen molar-refractivity contribution in [3.05, 3.63) is 53.1 Å². The molecule has 9 heteroatoms. The predicted molar refractivity (Wildman–Crippen MR) is 103 cm³/mol. The summed E-state index contributed by atoms with van der Waals surface area (Å²) in [5.74, 6) is -2.66. The number of anilines is 3. The van der Waals surface area contributed by atoms with Gasteiger partial charge in [-0.15, -0.1) is 0 Å². The van der Waals surface area contributed by atoms with E-state index in [-0.39, 0.29) is 22.1 Å². The van der Waals surface area contributed by atoms with E-state index in [2.05, 4.69) is 16.0 Å². The lowest BCUT2D eigenvalue weighted by atomic mass is 9.77. The first-order valence-electron chi connectivity index (χ1n) is 7.93. The standard InChI is InChI=1S/C18H16F2N4O2S/c1-18(2)8-6-7-11(13(21)12(8)15(25)24-16(18)26)22-17(27)23-14-9(19)4-3-5-10(14)20/h3-7H,21H2,1-2H3,(H2,22,23,27)(H,24,25,26). The van der Waals surface area contributed by atoms with Crippen molar-refractivity contribution in [2.75, 3.05) is 16.4 Å². The summed E-state index contributed by atoms with van der Waals surface area (Å²) in [5.41, 5.74) is 5.73. The molecule has 1 aliphatic heterocycles. The molecule has 0 bridgehead atoms. The van der Waals surface area contributed by atoms with Gasteiger partial charge in [0.2, 0.25) is 5.91 Å². The Labute approximate surface area is 159 Å². The highest BCUT2D eigenvalue weighted by Gasteiger charge is 2.40. The molecule has 0 saturated carbocycles. The highest BCUT2D eigenvalue weighted by molar-refractivity contribution is 7.80. The number of carbonyl (C=O) groups excluding carboxylic acids is 2. The Hall–Kier alpha value is -3.07. The van der Waals surface area contributed by atoms with Gasteiger partial charge in [0, 0.05) is 0 Å². The number of thiocarbonyl (C=S) groups is 1. The smallest absolute Gasteiger partial charge is 0.260 e. The van der Waals surface area contributed by atoms with Crippen LogP contribution in [0.2, 0.25) is 0 Å². The number of nitrogen functional groups attached to an aromatic ring is 1. The number of rotatable bonds is 2. The molecule has 1 aliphatic rings. The zero-order valence-electron chi connectivity index (χ0n) is 14.4. The van der Waals surface area contributed by atoms with Crippen molar-refractivity contribution in [1.82, 2.24) is 5.32 Å². The molecule has 6 nitrogen and oxygen atoms in total. The lowest BCUT2D eigenvalue weighted by Crippen LogP contribution is -2.49. The topological polar surface area (TPSA) is 96.2 Å². The number of nitrogens with one attached hydrogen (secondary N) is 3. The summed E-state index contributed by atoms with van der Waals surface area (Å²) < 4.78 is 27.5. The van der Waals surface area contributed by atoms with E-state index in [0.29, 0.717) is 5.56 Å². The van der Waals surface area contributed by atoms with Gasteiger partial charge in [0.05, 0.1) is 22.4 Å². The van der Waals surface area contributed by atoms with E-state index >= 15 is 0 Å². The first kappa shape index (κ1) is 18.7. The maximum atomic E-state index is 13.7. The number of hydrogen-bond donors (Lipinski definition) is 4. The van der Waals surface area contributed by atoms with Gasteiger partial charge >= 0.3 is 0 Å². The Bertz CT molecular complexity index is 971. The second-order valence-corrected chi connectivity index (χ2v) is 6.94. The maximum Gasteiger partial charge on any atom is 0.260 e. The molecule has 0 aromatic heterocycles. The number of hydrogen-bond acceptors (Lipinski definition) is 4. The van der Waals surface area contributed by atoms with Crippen LogP contribution in [-0.2, 0) is 10.2 Å². The third-order valence-corrected chi connectivity index (χ3v) is 4.59. The SMILES string of the molecule is CC1(C)C(=O)NC(=O)c2c1ccc(NC(=S)Nc1c(F)cccc1F)c2N.